The highest BCUT2D eigenvalue weighted by molar-refractivity contribution is 7.92. The van der Waals surface area contributed by atoms with E-state index < -0.39 is 10.0 Å². The van der Waals surface area contributed by atoms with Crippen molar-refractivity contribution in [3.05, 3.63) is 95.0 Å². The Morgan fingerprint density at radius 1 is 1.00 bits per heavy atom. The SMILES string of the molecule is COc1ccc(S(=O)(=O)Nc2ccccc2CN(C)CC=Cc2ccc(Cl)cc2)cc1.Cl. The molecule has 0 radical (unpaired) electrons. The minimum atomic E-state index is -3.70. The number of rotatable bonds is 9. The summed E-state index contributed by atoms with van der Waals surface area (Å²) < 4.78 is 33.4. The Morgan fingerprint density at radius 3 is 2.31 bits per heavy atom. The zero-order valence-electron chi connectivity index (χ0n) is 17.9. The lowest BCUT2D eigenvalue weighted by atomic mass is 10.1. The van der Waals surface area contributed by atoms with Crippen molar-refractivity contribution in [2.24, 2.45) is 0 Å². The second-order valence-electron chi connectivity index (χ2n) is 7.09. The molecule has 0 aliphatic rings. The van der Waals surface area contributed by atoms with E-state index in [4.69, 9.17) is 16.3 Å². The van der Waals surface area contributed by atoms with Crippen LogP contribution in [0.4, 0.5) is 5.69 Å². The van der Waals surface area contributed by atoms with E-state index in [0.29, 0.717) is 29.5 Å². The quantitative estimate of drug-likeness (QED) is 0.415. The molecule has 0 saturated heterocycles. The van der Waals surface area contributed by atoms with Crippen LogP contribution in [0.25, 0.3) is 6.08 Å². The van der Waals surface area contributed by atoms with Crippen LogP contribution in [0.15, 0.2) is 83.8 Å². The van der Waals surface area contributed by atoms with Crippen molar-refractivity contribution in [2.75, 3.05) is 25.4 Å². The fourth-order valence-corrected chi connectivity index (χ4v) is 4.24. The summed E-state index contributed by atoms with van der Waals surface area (Å²) in [7, 11) is -0.174. The number of likely N-dealkylation sites (N-methyl/N-ethyl adjacent to an activating group) is 1. The normalized spacial score (nSPS) is 11.4. The molecule has 0 saturated carbocycles. The van der Waals surface area contributed by atoms with Gasteiger partial charge in [-0.2, -0.15) is 0 Å². The fourth-order valence-electron chi connectivity index (χ4n) is 3.01. The zero-order chi connectivity index (χ0) is 22.3. The number of ether oxygens (including phenoxy) is 1. The molecule has 170 valence electrons. The van der Waals surface area contributed by atoms with Crippen molar-refractivity contribution in [1.82, 2.24) is 4.90 Å². The summed E-state index contributed by atoms with van der Waals surface area (Å²) in [5.74, 6) is 0.604. The van der Waals surface area contributed by atoms with Crippen LogP contribution in [0.1, 0.15) is 11.1 Å². The lowest BCUT2D eigenvalue weighted by Gasteiger charge is -2.18. The molecule has 0 aliphatic heterocycles. The van der Waals surface area contributed by atoms with Gasteiger partial charge in [0, 0.05) is 18.1 Å². The molecule has 0 fully saturated rings. The predicted octanol–water partition coefficient (Wildman–Crippen LogP) is 5.72. The number of anilines is 1. The largest absolute Gasteiger partial charge is 0.497 e. The molecule has 3 aromatic carbocycles. The first-order valence-electron chi connectivity index (χ1n) is 9.73. The standard InChI is InChI=1S/C24H25ClN2O3S.ClH/c1-27(17-5-6-19-9-11-21(25)12-10-19)18-20-7-3-4-8-24(20)26-31(28,29)23-15-13-22(30-2)14-16-23;/h3-16,26H,17-18H2,1-2H3;1H. The van der Waals surface area contributed by atoms with E-state index in [1.807, 2.05) is 55.6 Å². The molecule has 0 spiro atoms. The molecule has 3 rings (SSSR count). The van der Waals surface area contributed by atoms with E-state index in [-0.39, 0.29) is 17.3 Å². The van der Waals surface area contributed by atoms with Gasteiger partial charge in [0.25, 0.3) is 10.0 Å². The van der Waals surface area contributed by atoms with Gasteiger partial charge in [-0.25, -0.2) is 8.42 Å². The molecule has 3 aromatic rings. The van der Waals surface area contributed by atoms with Crippen molar-refractivity contribution < 1.29 is 13.2 Å². The smallest absolute Gasteiger partial charge is 0.261 e. The van der Waals surface area contributed by atoms with Crippen LogP contribution in [0.5, 0.6) is 5.75 Å². The average Bonchev–Trinajstić information content (AvgIpc) is 2.76. The van der Waals surface area contributed by atoms with Crippen LogP contribution in [0.3, 0.4) is 0 Å². The molecule has 0 bridgehead atoms. The van der Waals surface area contributed by atoms with Gasteiger partial charge in [-0.1, -0.05) is 54.1 Å². The van der Waals surface area contributed by atoms with Crippen molar-refractivity contribution >= 4 is 45.8 Å². The maximum Gasteiger partial charge on any atom is 0.261 e. The van der Waals surface area contributed by atoms with E-state index in [1.54, 1.807) is 25.3 Å². The maximum atomic E-state index is 12.8. The number of nitrogens with zero attached hydrogens (tertiary/aromatic N) is 1. The molecule has 1 N–H and O–H groups in total. The number of sulfonamides is 1. The lowest BCUT2D eigenvalue weighted by molar-refractivity contribution is 0.364. The van der Waals surface area contributed by atoms with Gasteiger partial charge in [0.2, 0.25) is 0 Å². The Morgan fingerprint density at radius 2 is 1.66 bits per heavy atom. The van der Waals surface area contributed by atoms with Gasteiger partial charge in [-0.15, -0.1) is 12.4 Å². The van der Waals surface area contributed by atoms with Crippen molar-refractivity contribution in [3.63, 3.8) is 0 Å². The van der Waals surface area contributed by atoms with Gasteiger partial charge in [-0.3, -0.25) is 9.62 Å². The topological polar surface area (TPSA) is 58.6 Å². The third-order valence-corrected chi connectivity index (χ3v) is 6.30. The van der Waals surface area contributed by atoms with Gasteiger partial charge >= 0.3 is 0 Å². The number of hydrogen-bond acceptors (Lipinski definition) is 4. The van der Waals surface area contributed by atoms with Gasteiger partial charge in [0.15, 0.2) is 0 Å². The summed E-state index contributed by atoms with van der Waals surface area (Å²) in [4.78, 5) is 2.29. The zero-order valence-corrected chi connectivity index (χ0v) is 20.3. The molecule has 8 heteroatoms. The number of para-hydroxylation sites is 1. The van der Waals surface area contributed by atoms with Gasteiger partial charge < -0.3 is 4.74 Å². The average molecular weight is 493 g/mol. The molecule has 0 unspecified atom stereocenters. The number of halogens is 2. The van der Waals surface area contributed by atoms with Crippen LogP contribution in [0, 0.1) is 0 Å². The minimum Gasteiger partial charge on any atom is -0.497 e. The summed E-state index contributed by atoms with van der Waals surface area (Å²) in [5.41, 5.74) is 2.53. The van der Waals surface area contributed by atoms with E-state index in [0.717, 1.165) is 11.1 Å². The first kappa shape index (κ1) is 25.7. The monoisotopic (exact) mass is 492 g/mol. The third kappa shape index (κ3) is 7.28. The minimum absolute atomic E-state index is 0. The number of nitrogens with one attached hydrogen (secondary N) is 1. The summed E-state index contributed by atoms with van der Waals surface area (Å²) >= 11 is 5.91. The number of hydrogen-bond donors (Lipinski definition) is 1. The summed E-state index contributed by atoms with van der Waals surface area (Å²) in [5, 5.41) is 0.711. The Bertz CT molecular complexity index is 1130. The fraction of sp³-hybridized carbons (Fsp3) is 0.167. The van der Waals surface area contributed by atoms with E-state index >= 15 is 0 Å². The second-order valence-corrected chi connectivity index (χ2v) is 9.21. The molecule has 0 amide bonds. The lowest BCUT2D eigenvalue weighted by Crippen LogP contribution is -2.20. The highest BCUT2D eigenvalue weighted by atomic mass is 35.5. The highest BCUT2D eigenvalue weighted by Gasteiger charge is 2.16. The van der Waals surface area contributed by atoms with Crippen LogP contribution in [0.2, 0.25) is 5.02 Å². The Balaban J connectivity index is 0.00000363. The molecule has 32 heavy (non-hydrogen) atoms. The highest BCUT2D eigenvalue weighted by Crippen LogP contribution is 2.22. The Hall–Kier alpha value is -2.51. The van der Waals surface area contributed by atoms with Crippen LogP contribution < -0.4 is 9.46 Å². The molecular formula is C24H26Cl2N2O3S. The van der Waals surface area contributed by atoms with Crippen LogP contribution in [-0.4, -0.2) is 34.0 Å². The van der Waals surface area contributed by atoms with Gasteiger partial charge in [0.1, 0.15) is 5.75 Å². The number of benzene rings is 3. The third-order valence-electron chi connectivity index (χ3n) is 4.67. The van der Waals surface area contributed by atoms with E-state index in [2.05, 4.69) is 15.7 Å². The van der Waals surface area contributed by atoms with Crippen LogP contribution >= 0.6 is 24.0 Å². The molecule has 5 nitrogen and oxygen atoms in total. The van der Waals surface area contributed by atoms with E-state index in [9.17, 15) is 8.42 Å². The summed E-state index contributed by atoms with van der Waals surface area (Å²) in [6.45, 7) is 1.30. The summed E-state index contributed by atoms with van der Waals surface area (Å²) in [6.07, 6.45) is 4.10. The summed E-state index contributed by atoms with van der Waals surface area (Å²) in [6, 6.07) is 21.3. The van der Waals surface area contributed by atoms with E-state index in [1.165, 1.54) is 12.1 Å². The molecule has 0 aromatic heterocycles. The van der Waals surface area contributed by atoms with Crippen molar-refractivity contribution in [3.8, 4) is 5.75 Å². The molecule has 0 heterocycles. The first-order valence-corrected chi connectivity index (χ1v) is 11.6. The first-order chi connectivity index (χ1) is 14.9. The Kier molecular flexibility index (Phi) is 9.60. The van der Waals surface area contributed by atoms with Gasteiger partial charge in [-0.05, 0) is 60.6 Å². The predicted molar refractivity (Wildman–Crippen MR) is 134 cm³/mol. The molecular weight excluding hydrogens is 467 g/mol. The Labute approximate surface area is 201 Å². The number of methoxy groups -OCH3 is 1. The molecule has 0 atom stereocenters. The van der Waals surface area contributed by atoms with Crippen LogP contribution in [-0.2, 0) is 16.6 Å². The molecule has 0 aliphatic carbocycles. The van der Waals surface area contributed by atoms with Crippen molar-refractivity contribution in [1.29, 1.82) is 0 Å². The second kappa shape index (κ2) is 11.9. The maximum absolute atomic E-state index is 12.8. The van der Waals surface area contributed by atoms with Crippen molar-refractivity contribution in [2.45, 2.75) is 11.4 Å². The van der Waals surface area contributed by atoms with Gasteiger partial charge in [0.05, 0.1) is 17.7 Å².